The summed E-state index contributed by atoms with van der Waals surface area (Å²) < 4.78 is 23.8. The number of nitriles is 1. The molecule has 0 amide bonds. The lowest BCUT2D eigenvalue weighted by Gasteiger charge is -2.04. The number of sulfone groups is 1. The van der Waals surface area contributed by atoms with Gasteiger partial charge >= 0.3 is 0 Å². The van der Waals surface area contributed by atoms with Gasteiger partial charge < -0.3 is 0 Å². The second-order valence-corrected chi connectivity index (χ2v) is 7.64. The van der Waals surface area contributed by atoms with Crippen LogP contribution in [0.5, 0.6) is 0 Å². The van der Waals surface area contributed by atoms with E-state index in [1.807, 2.05) is 24.3 Å². The number of nitrogens with zero attached hydrogens (tertiary/aromatic N) is 2. The van der Waals surface area contributed by atoms with Gasteiger partial charge in [0.2, 0.25) is 0 Å². The molecular formula is C13H12N2O3S2. The molecule has 1 heterocycles. The molecule has 1 atom stereocenters. The van der Waals surface area contributed by atoms with Crippen LogP contribution in [0.15, 0.2) is 24.3 Å². The van der Waals surface area contributed by atoms with Crippen molar-refractivity contribution in [3.8, 4) is 6.07 Å². The number of hydrogen-bond donors (Lipinski definition) is 0. The molecule has 0 fully saturated rings. The van der Waals surface area contributed by atoms with Gasteiger partial charge in [0.05, 0.1) is 16.3 Å². The molecule has 2 aromatic rings. The Bertz CT molecular complexity index is 754. The number of carbonyl (C=O) groups is 1. The van der Waals surface area contributed by atoms with Gasteiger partial charge in [0.15, 0.2) is 21.5 Å². The predicted molar refractivity (Wildman–Crippen MR) is 77.3 cm³/mol. The highest BCUT2D eigenvalue weighted by Crippen LogP contribution is 2.28. The predicted octanol–water partition coefficient (Wildman–Crippen LogP) is 1.91. The van der Waals surface area contributed by atoms with Crippen molar-refractivity contribution < 1.29 is 13.2 Å². The summed E-state index contributed by atoms with van der Waals surface area (Å²) in [6.07, 6.45) is 0. The summed E-state index contributed by atoms with van der Waals surface area (Å²) in [6.45, 7) is 1.47. The van der Waals surface area contributed by atoms with Crippen LogP contribution in [0.25, 0.3) is 10.2 Å². The lowest BCUT2D eigenvalue weighted by molar-refractivity contribution is -0.116. The van der Waals surface area contributed by atoms with E-state index in [2.05, 4.69) is 4.98 Å². The molecule has 1 aromatic heterocycles. The van der Waals surface area contributed by atoms with E-state index in [4.69, 9.17) is 5.26 Å². The number of ketones is 1. The van der Waals surface area contributed by atoms with Crippen LogP contribution >= 0.6 is 11.3 Å². The minimum Gasteiger partial charge on any atom is -0.297 e. The minimum absolute atomic E-state index is 0.114. The maximum absolute atomic E-state index is 12.0. The zero-order valence-corrected chi connectivity index (χ0v) is 12.4. The number of aromatic nitrogens is 1. The summed E-state index contributed by atoms with van der Waals surface area (Å²) in [5.74, 6) is -2.46. The van der Waals surface area contributed by atoms with Gasteiger partial charge in [0, 0.05) is 5.75 Å². The van der Waals surface area contributed by atoms with E-state index < -0.39 is 27.3 Å². The first-order valence-electron chi connectivity index (χ1n) is 5.95. The van der Waals surface area contributed by atoms with E-state index in [0.717, 1.165) is 4.70 Å². The Morgan fingerprint density at radius 2 is 2.15 bits per heavy atom. The van der Waals surface area contributed by atoms with Gasteiger partial charge in [-0.3, -0.25) is 4.79 Å². The maximum Gasteiger partial charge on any atom is 0.171 e. The molecule has 0 radical (unpaired) electrons. The first kappa shape index (κ1) is 14.6. The largest absolute Gasteiger partial charge is 0.297 e. The number of thiazole rings is 1. The molecule has 0 saturated heterocycles. The Balaban J connectivity index is 2.33. The zero-order chi connectivity index (χ0) is 14.8. The molecule has 0 aliphatic heterocycles. The molecule has 0 N–H and O–H groups in total. The fraction of sp³-hybridized carbons (Fsp3) is 0.308. The Labute approximate surface area is 120 Å². The molecule has 1 aromatic carbocycles. The van der Waals surface area contributed by atoms with Crippen LogP contribution in [0.3, 0.4) is 0 Å². The first-order valence-corrected chi connectivity index (χ1v) is 8.59. The van der Waals surface area contributed by atoms with E-state index in [1.165, 1.54) is 18.3 Å². The molecule has 0 aliphatic carbocycles. The van der Waals surface area contributed by atoms with Crippen molar-refractivity contribution in [1.82, 2.24) is 4.98 Å². The normalized spacial score (nSPS) is 13.0. The quantitative estimate of drug-likeness (QED) is 0.842. The van der Waals surface area contributed by atoms with Gasteiger partial charge in [-0.15, -0.1) is 11.3 Å². The molecule has 0 aliphatic rings. The molecule has 2 rings (SSSR count). The van der Waals surface area contributed by atoms with E-state index in [9.17, 15) is 13.2 Å². The lowest BCUT2D eigenvalue weighted by atomic mass is 10.1. The van der Waals surface area contributed by atoms with Gasteiger partial charge in [-0.2, -0.15) is 5.26 Å². The topological polar surface area (TPSA) is 87.9 Å². The Hall–Kier alpha value is -1.78. The number of para-hydroxylation sites is 1. The molecule has 5 nitrogen and oxygen atoms in total. The van der Waals surface area contributed by atoms with Crippen LogP contribution < -0.4 is 0 Å². The van der Waals surface area contributed by atoms with Crippen molar-refractivity contribution in [3.63, 3.8) is 0 Å². The third-order valence-corrected chi connectivity index (χ3v) is 5.52. The van der Waals surface area contributed by atoms with Crippen molar-refractivity contribution in [2.75, 3.05) is 11.5 Å². The fourth-order valence-corrected chi connectivity index (χ4v) is 3.52. The third-order valence-electron chi connectivity index (χ3n) is 2.81. The average Bonchev–Trinajstić information content (AvgIpc) is 2.82. The summed E-state index contributed by atoms with van der Waals surface area (Å²) in [7, 11) is -3.44. The van der Waals surface area contributed by atoms with Crippen LogP contribution in [-0.4, -0.2) is 30.7 Å². The van der Waals surface area contributed by atoms with Crippen LogP contribution in [0.1, 0.15) is 17.8 Å². The van der Waals surface area contributed by atoms with Gasteiger partial charge in [-0.05, 0) is 12.1 Å². The average molecular weight is 308 g/mol. The molecule has 20 heavy (non-hydrogen) atoms. The fourth-order valence-electron chi connectivity index (χ4n) is 1.68. The van der Waals surface area contributed by atoms with Crippen molar-refractivity contribution in [3.05, 3.63) is 29.3 Å². The van der Waals surface area contributed by atoms with Crippen molar-refractivity contribution in [2.24, 2.45) is 0 Å². The van der Waals surface area contributed by atoms with E-state index in [-0.39, 0.29) is 5.75 Å². The second kappa shape index (κ2) is 5.69. The molecular weight excluding hydrogens is 296 g/mol. The van der Waals surface area contributed by atoms with Crippen LogP contribution in [-0.2, 0) is 14.6 Å². The number of hydrogen-bond acceptors (Lipinski definition) is 6. The SMILES string of the molecule is CCS(=O)(=O)CC(=O)C(C#N)c1nc2ccccc2s1. The number of rotatable bonds is 5. The highest BCUT2D eigenvalue weighted by molar-refractivity contribution is 7.92. The number of benzene rings is 1. The van der Waals surface area contributed by atoms with Crippen LogP contribution in [0.4, 0.5) is 0 Å². The molecule has 0 saturated carbocycles. The van der Waals surface area contributed by atoms with Gasteiger partial charge in [0.1, 0.15) is 10.8 Å². The second-order valence-electron chi connectivity index (χ2n) is 4.22. The summed E-state index contributed by atoms with van der Waals surface area (Å²) in [5, 5.41) is 9.50. The monoisotopic (exact) mass is 308 g/mol. The van der Waals surface area contributed by atoms with Crippen molar-refractivity contribution in [1.29, 1.82) is 5.26 Å². The molecule has 7 heteroatoms. The summed E-state index contributed by atoms with van der Waals surface area (Å²) in [6, 6.07) is 9.15. The minimum atomic E-state index is -3.44. The number of carbonyl (C=O) groups excluding carboxylic acids is 1. The standard InChI is InChI=1S/C13H12N2O3S2/c1-2-20(17,18)8-11(16)9(7-14)13-15-10-5-3-4-6-12(10)19-13/h3-6,9H,2,8H2,1H3. The van der Waals surface area contributed by atoms with Crippen molar-refractivity contribution in [2.45, 2.75) is 12.8 Å². The molecule has 0 bridgehead atoms. The zero-order valence-electron chi connectivity index (χ0n) is 10.7. The summed E-state index contributed by atoms with van der Waals surface area (Å²) in [5.41, 5.74) is 0.707. The molecule has 1 unspecified atom stereocenters. The first-order chi connectivity index (χ1) is 9.46. The third kappa shape index (κ3) is 3.03. The van der Waals surface area contributed by atoms with E-state index >= 15 is 0 Å². The highest BCUT2D eigenvalue weighted by atomic mass is 32.2. The summed E-state index contributed by atoms with van der Waals surface area (Å²) in [4.78, 5) is 16.2. The maximum atomic E-state index is 12.0. The van der Waals surface area contributed by atoms with E-state index in [0.29, 0.717) is 10.5 Å². The Morgan fingerprint density at radius 3 is 2.75 bits per heavy atom. The smallest absolute Gasteiger partial charge is 0.171 e. The molecule has 104 valence electrons. The Morgan fingerprint density at radius 1 is 1.45 bits per heavy atom. The van der Waals surface area contributed by atoms with Crippen LogP contribution in [0.2, 0.25) is 0 Å². The van der Waals surface area contributed by atoms with Crippen LogP contribution in [0, 0.1) is 11.3 Å². The Kier molecular flexibility index (Phi) is 4.16. The van der Waals surface area contributed by atoms with Gasteiger partial charge in [-0.1, -0.05) is 19.1 Å². The van der Waals surface area contributed by atoms with Crippen molar-refractivity contribution >= 4 is 37.2 Å². The number of fused-ring (bicyclic) bond motifs is 1. The van der Waals surface area contributed by atoms with E-state index in [1.54, 1.807) is 6.07 Å². The highest BCUT2D eigenvalue weighted by Gasteiger charge is 2.27. The van der Waals surface area contributed by atoms with Gasteiger partial charge in [-0.25, -0.2) is 13.4 Å². The molecule has 0 spiro atoms. The lowest BCUT2D eigenvalue weighted by Crippen LogP contribution is -2.22. The van der Waals surface area contributed by atoms with Gasteiger partial charge in [0.25, 0.3) is 0 Å². The number of Topliss-reactive ketones (excluding diaryl/α,β-unsaturated/α-hetero) is 1. The summed E-state index contributed by atoms with van der Waals surface area (Å²) >= 11 is 1.24.